The number of carbonyl (C=O) groups excluding carboxylic acids is 1. The highest BCUT2D eigenvalue weighted by Crippen LogP contribution is 2.36. The highest BCUT2D eigenvalue weighted by Gasteiger charge is 2.44. The van der Waals surface area contributed by atoms with Crippen LogP contribution in [0.25, 0.3) is 0 Å². The van der Waals surface area contributed by atoms with Gasteiger partial charge in [0, 0.05) is 12.6 Å². The zero-order valence-corrected chi connectivity index (χ0v) is 14.3. The van der Waals surface area contributed by atoms with Gasteiger partial charge in [0.05, 0.1) is 5.92 Å². The summed E-state index contributed by atoms with van der Waals surface area (Å²) in [5.41, 5.74) is 0.646. The molecule has 0 saturated carbocycles. The molecule has 26 heavy (non-hydrogen) atoms. The molecule has 1 fully saturated rings. The molecule has 2 aromatic rings. The van der Waals surface area contributed by atoms with Crippen molar-refractivity contribution < 1.29 is 22.5 Å². The van der Waals surface area contributed by atoms with Gasteiger partial charge in [-0.25, -0.2) is 0 Å². The molecule has 2 heterocycles. The molecule has 0 spiro atoms. The van der Waals surface area contributed by atoms with Crippen molar-refractivity contribution in [3.05, 3.63) is 47.7 Å². The van der Waals surface area contributed by atoms with Gasteiger partial charge in [0.1, 0.15) is 11.8 Å². The number of hydrogen-bond donors (Lipinski definition) is 1. The second-order valence-corrected chi connectivity index (χ2v) is 6.50. The zero-order valence-electron chi connectivity index (χ0n) is 14.3. The van der Waals surface area contributed by atoms with E-state index in [-0.39, 0.29) is 18.8 Å². The molecule has 0 radical (unpaired) electrons. The molecule has 1 aromatic heterocycles. The first-order valence-corrected chi connectivity index (χ1v) is 8.44. The third kappa shape index (κ3) is 4.24. The largest absolute Gasteiger partial charge is 0.393 e. The van der Waals surface area contributed by atoms with Crippen molar-refractivity contribution in [3.8, 4) is 0 Å². The van der Waals surface area contributed by atoms with E-state index < -0.39 is 24.0 Å². The van der Waals surface area contributed by atoms with Crippen molar-refractivity contribution in [2.24, 2.45) is 5.92 Å². The lowest BCUT2D eigenvalue weighted by Gasteiger charge is -2.38. The molecule has 1 aliphatic rings. The van der Waals surface area contributed by atoms with Crippen molar-refractivity contribution in [2.45, 2.75) is 32.0 Å². The minimum Gasteiger partial charge on any atom is -0.360 e. The third-order valence-corrected chi connectivity index (χ3v) is 4.52. The quantitative estimate of drug-likeness (QED) is 0.889. The molecule has 140 valence electrons. The van der Waals surface area contributed by atoms with Crippen LogP contribution < -0.4 is 5.32 Å². The van der Waals surface area contributed by atoms with Gasteiger partial charge < -0.3 is 9.84 Å². The molecule has 8 heteroatoms. The first kappa shape index (κ1) is 18.4. The Kier molecular flexibility index (Phi) is 5.31. The molecule has 5 nitrogen and oxygen atoms in total. The predicted octanol–water partition coefficient (Wildman–Crippen LogP) is 3.94. The van der Waals surface area contributed by atoms with Crippen molar-refractivity contribution in [3.63, 3.8) is 0 Å². The number of anilines is 1. The number of nitrogens with zero attached hydrogens (tertiary/aromatic N) is 2. The molecular formula is C18H20F3N3O2. The second-order valence-electron chi connectivity index (χ2n) is 6.50. The number of carbonyl (C=O) groups is 1. The van der Waals surface area contributed by atoms with E-state index in [4.69, 9.17) is 4.52 Å². The number of hydrogen-bond acceptors (Lipinski definition) is 4. The fourth-order valence-electron chi connectivity index (χ4n) is 3.29. The van der Waals surface area contributed by atoms with Gasteiger partial charge in [0.2, 0.25) is 5.91 Å². The summed E-state index contributed by atoms with van der Waals surface area (Å²) in [7, 11) is 0. The van der Waals surface area contributed by atoms with Gasteiger partial charge in [-0.05, 0) is 31.9 Å². The fourth-order valence-corrected chi connectivity index (χ4v) is 3.29. The maximum Gasteiger partial charge on any atom is 0.393 e. The van der Waals surface area contributed by atoms with Crippen LogP contribution in [-0.4, -0.2) is 35.2 Å². The molecule has 0 bridgehead atoms. The summed E-state index contributed by atoms with van der Waals surface area (Å²) >= 11 is 0. The first-order valence-electron chi connectivity index (χ1n) is 8.44. The van der Waals surface area contributed by atoms with Crippen LogP contribution in [0.4, 0.5) is 19.0 Å². The van der Waals surface area contributed by atoms with E-state index in [0.29, 0.717) is 24.3 Å². The van der Waals surface area contributed by atoms with Crippen molar-refractivity contribution in [2.75, 3.05) is 18.4 Å². The number of benzene rings is 1. The lowest BCUT2D eigenvalue weighted by atomic mass is 9.94. The molecule has 1 saturated heterocycles. The normalized spacial score (nSPS) is 19.9. The Hall–Kier alpha value is -2.35. The molecule has 1 aromatic carbocycles. The Morgan fingerprint density at radius 3 is 2.69 bits per heavy atom. The van der Waals surface area contributed by atoms with Crippen molar-refractivity contribution in [1.29, 1.82) is 0 Å². The fraction of sp³-hybridized carbons (Fsp3) is 0.444. The van der Waals surface area contributed by atoms with Crippen LogP contribution in [0.1, 0.15) is 30.2 Å². The van der Waals surface area contributed by atoms with E-state index in [1.807, 2.05) is 0 Å². The maximum absolute atomic E-state index is 13.2. The monoisotopic (exact) mass is 367 g/mol. The summed E-state index contributed by atoms with van der Waals surface area (Å²) in [4.78, 5) is 14.5. The van der Waals surface area contributed by atoms with Gasteiger partial charge in [-0.15, -0.1) is 0 Å². The summed E-state index contributed by atoms with van der Waals surface area (Å²) in [5.74, 6) is -1.07. The van der Waals surface area contributed by atoms with E-state index in [1.165, 1.54) is 0 Å². The van der Waals surface area contributed by atoms with Crippen LogP contribution >= 0.6 is 0 Å². The minimum atomic E-state index is -4.26. The van der Waals surface area contributed by atoms with Gasteiger partial charge >= 0.3 is 6.18 Å². The number of alkyl halides is 3. The third-order valence-electron chi connectivity index (χ3n) is 4.52. The average Bonchev–Trinajstić information content (AvgIpc) is 3.00. The standard InChI is InChI=1S/C18H20F3N3O2/c1-12-10-15(23-26-12)22-17(25)16(13-6-3-2-4-7-13)24-9-5-8-14(11-24)18(19,20)21/h2-4,6-7,10,14,16H,5,8-9,11H2,1H3,(H,22,23,25). The molecule has 1 aliphatic heterocycles. The first-order chi connectivity index (χ1) is 12.3. The SMILES string of the molecule is Cc1cc(NC(=O)C(c2ccccc2)N2CCCC(C(F)(F)F)C2)no1. The van der Waals surface area contributed by atoms with E-state index in [2.05, 4.69) is 10.5 Å². The Labute approximate surface area is 149 Å². The number of amides is 1. The van der Waals surface area contributed by atoms with Gasteiger partial charge in [0.15, 0.2) is 5.82 Å². The lowest BCUT2D eigenvalue weighted by molar-refractivity contribution is -0.189. The van der Waals surface area contributed by atoms with E-state index >= 15 is 0 Å². The van der Waals surface area contributed by atoms with Crippen molar-refractivity contribution >= 4 is 11.7 Å². The molecule has 2 atom stereocenters. The van der Waals surface area contributed by atoms with Crippen molar-refractivity contribution in [1.82, 2.24) is 10.1 Å². The van der Waals surface area contributed by atoms with Gasteiger partial charge in [-0.3, -0.25) is 9.69 Å². The molecule has 1 amide bonds. The Morgan fingerprint density at radius 2 is 2.08 bits per heavy atom. The molecule has 0 aliphatic carbocycles. The Bertz CT molecular complexity index is 746. The van der Waals surface area contributed by atoms with E-state index in [0.717, 1.165) is 0 Å². The van der Waals surface area contributed by atoms with Crippen LogP contribution in [0.2, 0.25) is 0 Å². The summed E-state index contributed by atoms with van der Waals surface area (Å²) in [5, 5.41) is 6.37. The maximum atomic E-state index is 13.2. The predicted molar refractivity (Wildman–Crippen MR) is 89.4 cm³/mol. The van der Waals surface area contributed by atoms with Crippen LogP contribution in [-0.2, 0) is 4.79 Å². The Balaban J connectivity index is 1.85. The smallest absolute Gasteiger partial charge is 0.360 e. The summed E-state index contributed by atoms with van der Waals surface area (Å²) in [6.07, 6.45) is -3.78. The topological polar surface area (TPSA) is 58.4 Å². The molecule has 1 N–H and O–H groups in total. The number of nitrogens with one attached hydrogen (secondary N) is 1. The number of halogens is 3. The number of likely N-dealkylation sites (tertiary alicyclic amines) is 1. The summed E-state index contributed by atoms with van der Waals surface area (Å²) in [6, 6.07) is 9.56. The zero-order chi connectivity index (χ0) is 18.7. The van der Waals surface area contributed by atoms with E-state index in [1.54, 1.807) is 48.2 Å². The number of rotatable bonds is 4. The summed E-state index contributed by atoms with van der Waals surface area (Å²) in [6.45, 7) is 1.92. The number of aromatic nitrogens is 1. The molecule has 3 rings (SSSR count). The molecular weight excluding hydrogens is 347 g/mol. The van der Waals surface area contributed by atoms with Crippen LogP contribution in [0, 0.1) is 12.8 Å². The van der Waals surface area contributed by atoms with Crippen LogP contribution in [0.3, 0.4) is 0 Å². The van der Waals surface area contributed by atoms with Gasteiger partial charge in [0.25, 0.3) is 0 Å². The Morgan fingerprint density at radius 1 is 1.35 bits per heavy atom. The van der Waals surface area contributed by atoms with Gasteiger partial charge in [-0.2, -0.15) is 13.2 Å². The lowest BCUT2D eigenvalue weighted by Crippen LogP contribution is -2.46. The number of piperidine rings is 1. The summed E-state index contributed by atoms with van der Waals surface area (Å²) < 4.78 is 44.5. The van der Waals surface area contributed by atoms with Gasteiger partial charge in [-0.1, -0.05) is 35.5 Å². The highest BCUT2D eigenvalue weighted by molar-refractivity contribution is 5.94. The second kappa shape index (κ2) is 7.49. The minimum absolute atomic E-state index is 0.0889. The highest BCUT2D eigenvalue weighted by atomic mass is 19.4. The van der Waals surface area contributed by atoms with E-state index in [9.17, 15) is 18.0 Å². The average molecular weight is 367 g/mol. The molecule has 2 unspecified atom stereocenters. The van der Waals surface area contributed by atoms with Crippen LogP contribution in [0.15, 0.2) is 40.9 Å². The van der Waals surface area contributed by atoms with Crippen LogP contribution in [0.5, 0.6) is 0 Å². The number of aryl methyl sites for hydroxylation is 1.